The Morgan fingerprint density at radius 3 is 2.12 bits per heavy atom. The van der Waals surface area contributed by atoms with E-state index in [2.05, 4.69) is 53.2 Å². The van der Waals surface area contributed by atoms with Gasteiger partial charge in [-0.15, -0.1) is 0 Å². The molecule has 43 heavy (non-hydrogen) atoms. The average molecular weight is 676 g/mol. The maximum atomic E-state index is 12.3. The van der Waals surface area contributed by atoms with Crippen molar-refractivity contribution in [3.8, 4) is 0 Å². The van der Waals surface area contributed by atoms with Crippen LogP contribution in [0.15, 0.2) is 12.3 Å². The van der Waals surface area contributed by atoms with E-state index in [4.69, 9.17) is 9.47 Å². The van der Waals surface area contributed by atoms with Crippen LogP contribution in [0.5, 0.6) is 0 Å². The van der Waals surface area contributed by atoms with Gasteiger partial charge in [-0.05, 0) is 37.2 Å². The van der Waals surface area contributed by atoms with Crippen LogP contribution >= 0.6 is 43.2 Å². The molecule has 2 amide bonds. The van der Waals surface area contributed by atoms with Gasteiger partial charge >= 0.3 is 12.2 Å². The third-order valence-corrected chi connectivity index (χ3v) is 12.4. The first-order valence-electron chi connectivity index (χ1n) is 15.9. The van der Waals surface area contributed by atoms with E-state index in [9.17, 15) is 9.59 Å². The molecule has 1 aliphatic heterocycles. The molecule has 1 aromatic heterocycles. The standard InChI is InChI=1S/C30H53N5O4S4/c1-5-9-11-24(7-3)22-42-40-19-17-38-29(36)32-26-14-16-35(21-26)27-13-15-31-28(33-27)34-30(37)39-18-20-41-43-23-25(8-4)12-10-6-2/h13,15,24-26H,5-12,14,16-23H2,1-4H3,(H,32,36)(H,31,33,34,37)/t24-,25-,26-/m0/s1. The van der Waals surface area contributed by atoms with Crippen molar-refractivity contribution in [1.82, 2.24) is 15.3 Å². The fraction of sp³-hybridized carbons (Fsp3) is 0.800. The number of carbonyl (C=O) groups excluding carboxylic acids is 2. The predicted octanol–water partition coefficient (Wildman–Crippen LogP) is 8.53. The van der Waals surface area contributed by atoms with Crippen molar-refractivity contribution in [3.63, 3.8) is 0 Å². The number of alkyl carbamates (subject to hydrolysis) is 1. The number of hydrogen-bond donors (Lipinski definition) is 2. The van der Waals surface area contributed by atoms with E-state index in [1.54, 1.807) is 33.9 Å². The van der Waals surface area contributed by atoms with E-state index in [1.807, 2.05) is 21.6 Å². The minimum atomic E-state index is -0.556. The molecule has 0 spiro atoms. The largest absolute Gasteiger partial charge is 0.449 e. The minimum Gasteiger partial charge on any atom is -0.449 e. The van der Waals surface area contributed by atoms with Gasteiger partial charge in [0.15, 0.2) is 0 Å². The van der Waals surface area contributed by atoms with E-state index >= 15 is 0 Å². The lowest BCUT2D eigenvalue weighted by atomic mass is 10.0. The number of aromatic nitrogens is 2. The summed E-state index contributed by atoms with van der Waals surface area (Å²) in [6.07, 6.45) is 11.6. The molecule has 1 fully saturated rings. The van der Waals surface area contributed by atoms with Crippen molar-refractivity contribution in [3.05, 3.63) is 12.3 Å². The fourth-order valence-corrected chi connectivity index (χ4v) is 9.31. The maximum Gasteiger partial charge on any atom is 0.414 e. The van der Waals surface area contributed by atoms with Crippen molar-refractivity contribution < 1.29 is 19.1 Å². The lowest BCUT2D eigenvalue weighted by Crippen LogP contribution is -2.37. The Labute approximate surface area is 275 Å². The van der Waals surface area contributed by atoms with Gasteiger partial charge in [-0.25, -0.2) is 14.6 Å². The maximum absolute atomic E-state index is 12.3. The van der Waals surface area contributed by atoms with E-state index in [0.29, 0.717) is 25.6 Å². The van der Waals surface area contributed by atoms with Crippen LogP contribution in [-0.2, 0) is 9.47 Å². The third kappa shape index (κ3) is 17.2. The average Bonchev–Trinajstić information content (AvgIpc) is 3.48. The Bertz CT molecular complexity index is 904. The first-order valence-corrected chi connectivity index (χ1v) is 20.9. The number of hydrogen-bond acceptors (Lipinski definition) is 11. The second kappa shape index (κ2) is 24.1. The third-order valence-electron chi connectivity index (χ3n) is 7.35. The first kappa shape index (κ1) is 38.0. The summed E-state index contributed by atoms with van der Waals surface area (Å²) >= 11 is 0. The van der Waals surface area contributed by atoms with Gasteiger partial charge in [0.25, 0.3) is 0 Å². The van der Waals surface area contributed by atoms with Crippen LogP contribution in [0.1, 0.15) is 85.5 Å². The molecule has 2 heterocycles. The molecule has 0 radical (unpaired) electrons. The van der Waals surface area contributed by atoms with Gasteiger partial charge < -0.3 is 19.7 Å². The molecule has 2 rings (SSSR count). The highest BCUT2D eigenvalue weighted by Gasteiger charge is 2.25. The molecular weight excluding hydrogens is 623 g/mol. The van der Waals surface area contributed by atoms with Crippen molar-refractivity contribution in [2.24, 2.45) is 11.8 Å². The Kier molecular flexibility index (Phi) is 21.3. The molecule has 3 atom stereocenters. The normalized spacial score (nSPS) is 16.1. The van der Waals surface area contributed by atoms with Gasteiger partial charge in [0.1, 0.15) is 19.0 Å². The highest BCUT2D eigenvalue weighted by molar-refractivity contribution is 8.77. The molecule has 9 nitrogen and oxygen atoms in total. The zero-order valence-electron chi connectivity index (χ0n) is 26.5. The van der Waals surface area contributed by atoms with Crippen LogP contribution in [0.3, 0.4) is 0 Å². The van der Waals surface area contributed by atoms with Crippen LogP contribution in [0, 0.1) is 11.8 Å². The number of anilines is 2. The predicted molar refractivity (Wildman–Crippen MR) is 189 cm³/mol. The molecular formula is C30H53N5O4S4. The van der Waals surface area contributed by atoms with Gasteiger partial charge in [0, 0.05) is 42.3 Å². The zero-order valence-corrected chi connectivity index (χ0v) is 29.8. The number of carbonyl (C=O) groups is 2. The Balaban J connectivity index is 1.59. The van der Waals surface area contributed by atoms with Crippen LogP contribution in [0.2, 0.25) is 0 Å². The summed E-state index contributed by atoms with van der Waals surface area (Å²) in [4.78, 5) is 35.2. The number of amides is 2. The van der Waals surface area contributed by atoms with Crippen LogP contribution in [0.25, 0.3) is 0 Å². The van der Waals surface area contributed by atoms with E-state index in [0.717, 1.165) is 47.8 Å². The summed E-state index contributed by atoms with van der Waals surface area (Å²) in [5, 5.41) is 5.59. The van der Waals surface area contributed by atoms with Gasteiger partial charge in [0.05, 0.1) is 6.04 Å². The summed E-state index contributed by atoms with van der Waals surface area (Å²) in [5.41, 5.74) is 0. The van der Waals surface area contributed by atoms with Crippen molar-refractivity contribution in [1.29, 1.82) is 0 Å². The van der Waals surface area contributed by atoms with E-state index in [-0.39, 0.29) is 18.1 Å². The van der Waals surface area contributed by atoms with Gasteiger partial charge in [0.2, 0.25) is 5.95 Å². The number of ether oxygens (including phenoxy) is 2. The molecule has 0 saturated carbocycles. The number of unbranched alkanes of at least 4 members (excludes halogenated alkanes) is 2. The van der Waals surface area contributed by atoms with Crippen LogP contribution < -0.4 is 15.5 Å². The molecule has 0 bridgehead atoms. The Morgan fingerprint density at radius 1 is 0.930 bits per heavy atom. The Hall–Kier alpha value is -1.18. The van der Waals surface area contributed by atoms with E-state index < -0.39 is 6.09 Å². The lowest BCUT2D eigenvalue weighted by molar-refractivity contribution is 0.150. The monoisotopic (exact) mass is 675 g/mol. The fourth-order valence-electron chi connectivity index (χ4n) is 4.55. The smallest absolute Gasteiger partial charge is 0.414 e. The van der Waals surface area contributed by atoms with Crippen molar-refractivity contribution in [2.75, 3.05) is 59.5 Å². The molecule has 13 heteroatoms. The van der Waals surface area contributed by atoms with Gasteiger partial charge in [-0.3, -0.25) is 5.32 Å². The summed E-state index contributed by atoms with van der Waals surface area (Å²) in [6, 6.07) is 1.78. The van der Waals surface area contributed by atoms with Crippen molar-refractivity contribution >= 4 is 67.1 Å². The lowest BCUT2D eigenvalue weighted by Gasteiger charge is -2.18. The van der Waals surface area contributed by atoms with Crippen LogP contribution in [0.4, 0.5) is 21.4 Å². The summed E-state index contributed by atoms with van der Waals surface area (Å²) in [7, 11) is 7.27. The quantitative estimate of drug-likeness (QED) is 0.0861. The second-order valence-corrected chi connectivity index (χ2v) is 16.0. The molecule has 0 unspecified atom stereocenters. The highest BCUT2D eigenvalue weighted by atomic mass is 33.1. The van der Waals surface area contributed by atoms with Gasteiger partial charge in [-0.1, -0.05) is 109 Å². The minimum absolute atomic E-state index is 0.0237. The zero-order chi connectivity index (χ0) is 31.1. The molecule has 0 aromatic carbocycles. The molecule has 246 valence electrons. The summed E-state index contributed by atoms with van der Waals surface area (Å²) in [5.74, 6) is 6.26. The SMILES string of the molecule is CCCC[C@H](CC)CSSCCOC(=O)Nc1nccc(N2CC[C@H](NC(=O)OCCSSC[C@@H](CC)CCCC)C2)n1. The van der Waals surface area contributed by atoms with Gasteiger partial charge in [-0.2, -0.15) is 4.98 Å². The molecule has 0 aliphatic carbocycles. The topological polar surface area (TPSA) is 106 Å². The number of rotatable bonds is 23. The Morgan fingerprint density at radius 2 is 1.53 bits per heavy atom. The molecule has 1 aliphatic rings. The van der Waals surface area contributed by atoms with Crippen molar-refractivity contribution in [2.45, 2.75) is 91.5 Å². The summed E-state index contributed by atoms with van der Waals surface area (Å²) in [6.45, 7) is 11.1. The van der Waals surface area contributed by atoms with E-state index in [1.165, 1.54) is 51.4 Å². The first-order chi connectivity index (χ1) is 21.0. The second-order valence-electron chi connectivity index (χ2n) is 10.8. The molecule has 1 saturated heterocycles. The van der Waals surface area contributed by atoms with Crippen LogP contribution in [-0.4, -0.2) is 77.5 Å². The molecule has 1 aromatic rings. The number of nitrogens with zero attached hydrogens (tertiary/aromatic N) is 3. The molecule has 2 N–H and O–H groups in total. The highest BCUT2D eigenvalue weighted by Crippen LogP contribution is 2.28. The summed E-state index contributed by atoms with van der Waals surface area (Å²) < 4.78 is 10.7. The number of nitrogens with one attached hydrogen (secondary N) is 2.